The molecule has 0 spiro atoms. The molecule has 3 unspecified atom stereocenters. The van der Waals surface area contributed by atoms with Gasteiger partial charge in [-0.2, -0.15) is 4.98 Å². The molecule has 5 heteroatoms. The van der Waals surface area contributed by atoms with Gasteiger partial charge in [0, 0.05) is 26.1 Å². The molecule has 1 fully saturated rings. The van der Waals surface area contributed by atoms with E-state index in [1.807, 2.05) is 19.0 Å². The summed E-state index contributed by atoms with van der Waals surface area (Å²) in [4.78, 5) is 6.35. The zero-order valence-corrected chi connectivity index (χ0v) is 12.0. The standard InChI is InChI=1S/C13H24N4O/c1-8-10(14)7-6-9(13(8,2)3)11-15-12(16-18-11)17(4)5/h8-10H,6-7,14H2,1-5H3. The topological polar surface area (TPSA) is 68.2 Å². The Labute approximate surface area is 109 Å². The first kappa shape index (κ1) is 13.3. The highest BCUT2D eigenvalue weighted by Crippen LogP contribution is 2.49. The number of anilines is 1. The molecule has 1 aromatic heterocycles. The van der Waals surface area contributed by atoms with E-state index in [-0.39, 0.29) is 11.5 Å². The number of rotatable bonds is 2. The van der Waals surface area contributed by atoms with E-state index in [2.05, 4.69) is 30.9 Å². The second-order valence-corrected chi connectivity index (χ2v) is 6.23. The zero-order chi connectivity index (χ0) is 13.5. The van der Waals surface area contributed by atoms with Crippen LogP contribution in [0.3, 0.4) is 0 Å². The second kappa shape index (κ2) is 4.53. The van der Waals surface area contributed by atoms with E-state index in [0.717, 1.165) is 18.7 Å². The largest absolute Gasteiger partial charge is 0.344 e. The monoisotopic (exact) mass is 252 g/mol. The van der Waals surface area contributed by atoms with Gasteiger partial charge in [-0.1, -0.05) is 20.8 Å². The fraction of sp³-hybridized carbons (Fsp3) is 0.846. The average molecular weight is 252 g/mol. The molecule has 1 aliphatic carbocycles. The minimum Gasteiger partial charge on any atom is -0.344 e. The average Bonchev–Trinajstić information content (AvgIpc) is 2.75. The summed E-state index contributed by atoms with van der Waals surface area (Å²) in [5.74, 6) is 2.14. The van der Waals surface area contributed by atoms with Gasteiger partial charge in [-0.3, -0.25) is 0 Å². The van der Waals surface area contributed by atoms with Crippen molar-refractivity contribution in [3.05, 3.63) is 5.89 Å². The second-order valence-electron chi connectivity index (χ2n) is 6.23. The van der Waals surface area contributed by atoms with Crippen LogP contribution in [0, 0.1) is 11.3 Å². The molecule has 0 saturated heterocycles. The Bertz CT molecular complexity index is 413. The Morgan fingerprint density at radius 2 is 2.00 bits per heavy atom. The molecule has 0 aromatic carbocycles. The maximum atomic E-state index is 6.17. The number of hydrogen-bond donors (Lipinski definition) is 1. The van der Waals surface area contributed by atoms with Crippen molar-refractivity contribution in [3.63, 3.8) is 0 Å². The Morgan fingerprint density at radius 1 is 1.33 bits per heavy atom. The maximum Gasteiger partial charge on any atom is 0.265 e. The van der Waals surface area contributed by atoms with Gasteiger partial charge >= 0.3 is 0 Å². The molecule has 1 aromatic rings. The van der Waals surface area contributed by atoms with Gasteiger partial charge in [0.25, 0.3) is 5.95 Å². The van der Waals surface area contributed by atoms with Crippen molar-refractivity contribution in [3.8, 4) is 0 Å². The van der Waals surface area contributed by atoms with Crippen LogP contribution in [0.1, 0.15) is 45.4 Å². The fourth-order valence-corrected chi connectivity index (χ4v) is 2.84. The quantitative estimate of drug-likeness (QED) is 0.872. The van der Waals surface area contributed by atoms with E-state index in [0.29, 0.717) is 17.8 Å². The van der Waals surface area contributed by atoms with Crippen molar-refractivity contribution in [1.82, 2.24) is 10.1 Å². The lowest BCUT2D eigenvalue weighted by molar-refractivity contribution is 0.0806. The lowest BCUT2D eigenvalue weighted by Gasteiger charge is -2.45. The lowest BCUT2D eigenvalue weighted by Crippen LogP contribution is -2.45. The van der Waals surface area contributed by atoms with Crippen molar-refractivity contribution in [1.29, 1.82) is 0 Å². The van der Waals surface area contributed by atoms with Crippen molar-refractivity contribution in [2.45, 2.75) is 45.6 Å². The van der Waals surface area contributed by atoms with Crippen LogP contribution in [0.15, 0.2) is 4.52 Å². The predicted molar refractivity (Wildman–Crippen MR) is 71.5 cm³/mol. The van der Waals surface area contributed by atoms with Gasteiger partial charge in [0.2, 0.25) is 5.89 Å². The maximum absolute atomic E-state index is 6.17. The predicted octanol–water partition coefficient (Wildman–Crippen LogP) is 2.00. The van der Waals surface area contributed by atoms with E-state index in [1.165, 1.54) is 0 Å². The summed E-state index contributed by atoms with van der Waals surface area (Å²) in [7, 11) is 3.83. The molecule has 1 heterocycles. The van der Waals surface area contributed by atoms with Gasteiger partial charge in [0.1, 0.15) is 0 Å². The molecule has 3 atom stereocenters. The first-order valence-corrected chi connectivity index (χ1v) is 6.60. The van der Waals surface area contributed by atoms with Gasteiger partial charge in [-0.05, 0) is 29.3 Å². The molecular weight excluding hydrogens is 228 g/mol. The minimum absolute atomic E-state index is 0.0911. The highest BCUT2D eigenvalue weighted by Gasteiger charge is 2.44. The van der Waals surface area contributed by atoms with Crippen molar-refractivity contribution >= 4 is 5.95 Å². The van der Waals surface area contributed by atoms with Gasteiger partial charge in [0.15, 0.2) is 0 Å². The highest BCUT2D eigenvalue weighted by molar-refractivity contribution is 5.25. The molecule has 0 bridgehead atoms. The summed E-state index contributed by atoms with van der Waals surface area (Å²) in [5.41, 5.74) is 6.26. The fourth-order valence-electron chi connectivity index (χ4n) is 2.84. The SMILES string of the molecule is CC1C(N)CCC(c2nc(N(C)C)no2)C1(C)C. The van der Waals surface area contributed by atoms with Crippen LogP contribution in [-0.4, -0.2) is 30.3 Å². The Morgan fingerprint density at radius 3 is 2.56 bits per heavy atom. The molecule has 1 aliphatic rings. The minimum atomic E-state index is 0.0911. The molecule has 102 valence electrons. The molecule has 2 N–H and O–H groups in total. The van der Waals surface area contributed by atoms with Crippen LogP contribution in [0.25, 0.3) is 0 Å². The smallest absolute Gasteiger partial charge is 0.265 e. The number of nitrogens with two attached hydrogens (primary N) is 1. The summed E-state index contributed by atoms with van der Waals surface area (Å²) >= 11 is 0. The lowest BCUT2D eigenvalue weighted by atomic mass is 9.61. The molecule has 1 saturated carbocycles. The molecule has 18 heavy (non-hydrogen) atoms. The van der Waals surface area contributed by atoms with Gasteiger partial charge < -0.3 is 15.2 Å². The van der Waals surface area contributed by atoms with E-state index in [1.54, 1.807) is 0 Å². The molecule has 2 rings (SSSR count). The van der Waals surface area contributed by atoms with Crippen LogP contribution < -0.4 is 10.6 Å². The summed E-state index contributed by atoms with van der Waals surface area (Å²) in [5, 5.41) is 4.01. The molecule has 5 nitrogen and oxygen atoms in total. The van der Waals surface area contributed by atoms with Crippen molar-refractivity contribution < 1.29 is 4.52 Å². The van der Waals surface area contributed by atoms with Crippen LogP contribution in [0.4, 0.5) is 5.95 Å². The zero-order valence-electron chi connectivity index (χ0n) is 12.0. The Kier molecular flexibility index (Phi) is 3.36. The van der Waals surface area contributed by atoms with E-state index in [4.69, 9.17) is 10.3 Å². The Balaban J connectivity index is 2.26. The van der Waals surface area contributed by atoms with Crippen LogP contribution in [0.5, 0.6) is 0 Å². The highest BCUT2D eigenvalue weighted by atomic mass is 16.5. The van der Waals surface area contributed by atoms with E-state index < -0.39 is 0 Å². The number of hydrogen-bond acceptors (Lipinski definition) is 5. The van der Waals surface area contributed by atoms with E-state index >= 15 is 0 Å². The van der Waals surface area contributed by atoms with Crippen molar-refractivity contribution in [2.24, 2.45) is 17.1 Å². The van der Waals surface area contributed by atoms with Crippen LogP contribution >= 0.6 is 0 Å². The third-order valence-corrected chi connectivity index (χ3v) is 4.63. The summed E-state index contributed by atoms with van der Waals surface area (Å²) in [6.45, 7) is 6.72. The Hall–Kier alpha value is -1.10. The summed E-state index contributed by atoms with van der Waals surface area (Å²) < 4.78 is 5.44. The number of nitrogens with zero attached hydrogens (tertiary/aromatic N) is 3. The third-order valence-electron chi connectivity index (χ3n) is 4.63. The summed E-state index contributed by atoms with van der Waals surface area (Å²) in [6, 6.07) is 0.271. The third kappa shape index (κ3) is 2.11. The van der Waals surface area contributed by atoms with Gasteiger partial charge in [-0.25, -0.2) is 0 Å². The molecule has 0 radical (unpaired) electrons. The first-order valence-electron chi connectivity index (χ1n) is 6.60. The van der Waals surface area contributed by atoms with E-state index in [9.17, 15) is 0 Å². The molecule has 0 aliphatic heterocycles. The van der Waals surface area contributed by atoms with Crippen LogP contribution in [0.2, 0.25) is 0 Å². The van der Waals surface area contributed by atoms with Gasteiger partial charge in [-0.15, -0.1) is 0 Å². The number of aromatic nitrogens is 2. The normalized spacial score (nSPS) is 31.3. The molecule has 0 amide bonds. The summed E-state index contributed by atoms with van der Waals surface area (Å²) in [6.07, 6.45) is 2.04. The van der Waals surface area contributed by atoms with Gasteiger partial charge in [0.05, 0.1) is 0 Å². The molecular formula is C13H24N4O. The van der Waals surface area contributed by atoms with Crippen molar-refractivity contribution in [2.75, 3.05) is 19.0 Å². The van der Waals surface area contributed by atoms with Crippen LogP contribution in [-0.2, 0) is 0 Å². The first-order chi connectivity index (χ1) is 8.34.